The second-order valence-electron chi connectivity index (χ2n) is 5.62. The van der Waals surface area contributed by atoms with Crippen molar-refractivity contribution >= 4 is 5.69 Å². The summed E-state index contributed by atoms with van der Waals surface area (Å²) in [6.07, 6.45) is 1.16. The van der Waals surface area contributed by atoms with Crippen LogP contribution < -0.4 is 19.7 Å². The molecule has 1 aromatic carbocycles. The third-order valence-corrected chi connectivity index (χ3v) is 3.52. The minimum absolute atomic E-state index is 0.146. The van der Waals surface area contributed by atoms with Gasteiger partial charge in [-0.3, -0.25) is 0 Å². The molecule has 0 atom stereocenters. The Kier molecular flexibility index (Phi) is 2.82. The van der Waals surface area contributed by atoms with Gasteiger partial charge >= 0.3 is 0 Å². The molecule has 98 valence electrons. The molecule has 18 heavy (non-hydrogen) atoms. The van der Waals surface area contributed by atoms with Gasteiger partial charge in [0.15, 0.2) is 11.5 Å². The van der Waals surface area contributed by atoms with Crippen molar-refractivity contribution < 1.29 is 9.47 Å². The van der Waals surface area contributed by atoms with Gasteiger partial charge in [-0.25, -0.2) is 0 Å². The predicted molar refractivity (Wildman–Crippen MR) is 71.5 cm³/mol. The summed E-state index contributed by atoms with van der Waals surface area (Å²) >= 11 is 0. The van der Waals surface area contributed by atoms with Crippen LogP contribution in [0.5, 0.6) is 11.5 Å². The number of nitrogens with zero attached hydrogens (tertiary/aromatic N) is 1. The Hall–Kier alpha value is -1.42. The minimum atomic E-state index is 0.146. The molecular formula is C14H20N2O2. The van der Waals surface area contributed by atoms with Gasteiger partial charge in [0.2, 0.25) is 6.79 Å². The topological polar surface area (TPSA) is 33.7 Å². The van der Waals surface area contributed by atoms with Gasteiger partial charge in [0.25, 0.3) is 0 Å². The highest BCUT2D eigenvalue weighted by atomic mass is 16.7. The van der Waals surface area contributed by atoms with E-state index in [0.717, 1.165) is 37.6 Å². The van der Waals surface area contributed by atoms with Gasteiger partial charge < -0.3 is 19.7 Å². The van der Waals surface area contributed by atoms with Gasteiger partial charge in [0, 0.05) is 30.4 Å². The maximum absolute atomic E-state index is 5.45. The third-order valence-electron chi connectivity index (χ3n) is 3.52. The average Bonchev–Trinajstić information content (AvgIpc) is 2.72. The molecule has 0 saturated carbocycles. The second kappa shape index (κ2) is 4.35. The van der Waals surface area contributed by atoms with Crippen molar-refractivity contribution in [3.8, 4) is 11.5 Å². The van der Waals surface area contributed by atoms with Crippen LogP contribution in [0, 0.1) is 0 Å². The van der Waals surface area contributed by atoms with Crippen molar-refractivity contribution in [1.29, 1.82) is 0 Å². The van der Waals surface area contributed by atoms with E-state index < -0.39 is 0 Å². The maximum Gasteiger partial charge on any atom is 0.231 e. The van der Waals surface area contributed by atoms with Gasteiger partial charge in [-0.1, -0.05) is 0 Å². The van der Waals surface area contributed by atoms with Gasteiger partial charge in [0.1, 0.15) is 0 Å². The van der Waals surface area contributed by atoms with Crippen molar-refractivity contribution in [2.45, 2.75) is 25.8 Å². The number of nitrogens with one attached hydrogen (secondary N) is 1. The number of anilines is 1. The lowest BCUT2D eigenvalue weighted by molar-refractivity contribution is 0.174. The first kappa shape index (κ1) is 11.7. The van der Waals surface area contributed by atoms with Crippen LogP contribution in [0.1, 0.15) is 20.3 Å². The molecular weight excluding hydrogens is 228 g/mol. The SMILES string of the molecule is CC1(C)CN(c2ccc3c(c2)OCO3)CCCN1. The molecule has 0 amide bonds. The molecule has 1 aromatic rings. The lowest BCUT2D eigenvalue weighted by atomic mass is 10.1. The van der Waals surface area contributed by atoms with Gasteiger partial charge in [-0.15, -0.1) is 0 Å². The van der Waals surface area contributed by atoms with E-state index in [1.165, 1.54) is 5.69 Å². The number of ether oxygens (including phenoxy) is 2. The van der Waals surface area contributed by atoms with Crippen LogP contribution in [0.15, 0.2) is 18.2 Å². The fraction of sp³-hybridized carbons (Fsp3) is 0.571. The molecule has 3 rings (SSSR count). The molecule has 0 aliphatic carbocycles. The molecule has 1 fully saturated rings. The molecule has 2 aliphatic rings. The summed E-state index contributed by atoms with van der Waals surface area (Å²) in [5.41, 5.74) is 1.36. The van der Waals surface area contributed by atoms with E-state index in [4.69, 9.17) is 9.47 Å². The Morgan fingerprint density at radius 2 is 2.06 bits per heavy atom. The molecule has 0 radical (unpaired) electrons. The maximum atomic E-state index is 5.45. The van der Waals surface area contributed by atoms with E-state index in [1.807, 2.05) is 6.07 Å². The fourth-order valence-corrected chi connectivity index (χ4v) is 2.61. The van der Waals surface area contributed by atoms with Crippen molar-refractivity contribution in [2.24, 2.45) is 0 Å². The Morgan fingerprint density at radius 1 is 1.22 bits per heavy atom. The zero-order valence-electron chi connectivity index (χ0n) is 11.0. The summed E-state index contributed by atoms with van der Waals surface area (Å²) in [5, 5.41) is 3.58. The largest absolute Gasteiger partial charge is 0.454 e. The van der Waals surface area contributed by atoms with Crippen LogP contribution in [-0.2, 0) is 0 Å². The Morgan fingerprint density at radius 3 is 2.94 bits per heavy atom. The van der Waals surface area contributed by atoms with Crippen LogP contribution >= 0.6 is 0 Å². The predicted octanol–water partition coefficient (Wildman–Crippen LogP) is 1.99. The summed E-state index contributed by atoms with van der Waals surface area (Å²) in [6.45, 7) is 8.00. The normalized spacial score (nSPS) is 21.8. The van der Waals surface area contributed by atoms with Crippen LogP contribution in [-0.4, -0.2) is 32.0 Å². The lowest BCUT2D eigenvalue weighted by Crippen LogP contribution is -2.46. The average molecular weight is 248 g/mol. The standard InChI is InChI=1S/C14H20N2O2/c1-14(2)9-16(7-3-6-15-14)11-4-5-12-13(8-11)18-10-17-12/h4-5,8,15H,3,6-7,9-10H2,1-2H3. The quantitative estimate of drug-likeness (QED) is 0.824. The first-order valence-corrected chi connectivity index (χ1v) is 6.54. The first-order chi connectivity index (χ1) is 8.64. The van der Waals surface area contributed by atoms with Crippen LogP contribution in [0.2, 0.25) is 0 Å². The molecule has 2 aliphatic heterocycles. The van der Waals surface area contributed by atoms with E-state index >= 15 is 0 Å². The Balaban J connectivity index is 1.85. The van der Waals surface area contributed by atoms with Crippen LogP contribution in [0.4, 0.5) is 5.69 Å². The van der Waals surface area contributed by atoms with Crippen molar-refractivity contribution in [3.63, 3.8) is 0 Å². The van der Waals surface area contributed by atoms with E-state index in [2.05, 4.69) is 36.2 Å². The molecule has 0 unspecified atom stereocenters. The number of hydrogen-bond donors (Lipinski definition) is 1. The fourth-order valence-electron chi connectivity index (χ4n) is 2.61. The van der Waals surface area contributed by atoms with Crippen LogP contribution in [0.3, 0.4) is 0 Å². The molecule has 4 heteroatoms. The Labute approximate surface area is 108 Å². The molecule has 0 aromatic heterocycles. The molecule has 2 heterocycles. The first-order valence-electron chi connectivity index (χ1n) is 6.54. The van der Waals surface area contributed by atoms with Gasteiger partial charge in [0.05, 0.1) is 0 Å². The molecule has 0 bridgehead atoms. The summed E-state index contributed by atoms with van der Waals surface area (Å²) < 4.78 is 10.8. The number of benzene rings is 1. The van der Waals surface area contributed by atoms with E-state index in [-0.39, 0.29) is 5.54 Å². The third kappa shape index (κ3) is 2.25. The summed E-state index contributed by atoms with van der Waals surface area (Å²) in [6, 6.07) is 6.21. The number of rotatable bonds is 1. The summed E-state index contributed by atoms with van der Waals surface area (Å²) in [4.78, 5) is 2.42. The van der Waals surface area contributed by atoms with Crippen molar-refractivity contribution in [2.75, 3.05) is 31.3 Å². The second-order valence-corrected chi connectivity index (χ2v) is 5.62. The van der Waals surface area contributed by atoms with Crippen molar-refractivity contribution in [3.05, 3.63) is 18.2 Å². The highest BCUT2D eigenvalue weighted by Gasteiger charge is 2.25. The highest BCUT2D eigenvalue weighted by Crippen LogP contribution is 2.36. The van der Waals surface area contributed by atoms with Crippen LogP contribution in [0.25, 0.3) is 0 Å². The monoisotopic (exact) mass is 248 g/mol. The number of fused-ring (bicyclic) bond motifs is 1. The summed E-state index contributed by atoms with van der Waals surface area (Å²) in [7, 11) is 0. The highest BCUT2D eigenvalue weighted by molar-refractivity contribution is 5.57. The van der Waals surface area contributed by atoms with Crippen molar-refractivity contribution in [1.82, 2.24) is 5.32 Å². The zero-order valence-corrected chi connectivity index (χ0v) is 11.0. The Bertz CT molecular complexity index is 445. The minimum Gasteiger partial charge on any atom is -0.454 e. The van der Waals surface area contributed by atoms with E-state index in [1.54, 1.807) is 0 Å². The molecule has 0 spiro atoms. The van der Waals surface area contributed by atoms with Gasteiger partial charge in [-0.05, 0) is 38.9 Å². The zero-order chi connectivity index (χ0) is 12.6. The molecule has 4 nitrogen and oxygen atoms in total. The lowest BCUT2D eigenvalue weighted by Gasteiger charge is -2.31. The smallest absolute Gasteiger partial charge is 0.231 e. The van der Waals surface area contributed by atoms with E-state index in [0.29, 0.717) is 6.79 Å². The van der Waals surface area contributed by atoms with E-state index in [9.17, 15) is 0 Å². The molecule has 1 saturated heterocycles. The summed E-state index contributed by atoms with van der Waals surface area (Å²) in [5.74, 6) is 1.72. The molecule has 1 N–H and O–H groups in total. The number of hydrogen-bond acceptors (Lipinski definition) is 4. The van der Waals surface area contributed by atoms with Gasteiger partial charge in [-0.2, -0.15) is 0 Å².